The number of benzene rings is 2. The van der Waals surface area contributed by atoms with E-state index in [-0.39, 0.29) is 29.2 Å². The fourth-order valence-corrected chi connectivity index (χ4v) is 4.66. The number of nitrogens with one attached hydrogen (secondary N) is 2. The van der Waals surface area contributed by atoms with E-state index in [1.807, 2.05) is 49.9 Å². The molecule has 2 N–H and O–H groups in total. The van der Waals surface area contributed by atoms with Crippen LogP contribution in [0.1, 0.15) is 58.1 Å². The van der Waals surface area contributed by atoms with Crippen LogP contribution in [0.5, 0.6) is 0 Å². The Kier molecular flexibility index (Phi) is 9.94. The second-order valence-electron chi connectivity index (χ2n) is 11.5. The molecule has 1 aliphatic rings. The molecule has 1 saturated heterocycles. The van der Waals surface area contributed by atoms with E-state index >= 15 is 0 Å². The van der Waals surface area contributed by atoms with Crippen LogP contribution >= 0.6 is 0 Å². The predicted octanol–water partition coefficient (Wildman–Crippen LogP) is 5.21. The molecule has 0 radical (unpaired) electrons. The number of alkyl carbamates (subject to hydrolysis) is 1. The highest BCUT2D eigenvalue weighted by Gasteiger charge is 2.33. The lowest BCUT2D eigenvalue weighted by Crippen LogP contribution is -2.53. The third-order valence-corrected chi connectivity index (χ3v) is 6.64. The number of rotatable bonds is 9. The molecule has 1 unspecified atom stereocenters. The maximum Gasteiger partial charge on any atom is 0.407 e. The summed E-state index contributed by atoms with van der Waals surface area (Å²) < 4.78 is 5.39. The maximum atomic E-state index is 13.9. The van der Waals surface area contributed by atoms with Crippen LogP contribution in [0, 0.1) is 17.3 Å². The molecule has 6 nitrogen and oxygen atoms in total. The molecule has 36 heavy (non-hydrogen) atoms. The molecule has 1 fully saturated rings. The topological polar surface area (TPSA) is 70.7 Å². The van der Waals surface area contributed by atoms with Crippen LogP contribution in [0.4, 0.5) is 4.79 Å². The van der Waals surface area contributed by atoms with Crippen molar-refractivity contribution in [1.82, 2.24) is 15.5 Å². The zero-order valence-corrected chi connectivity index (χ0v) is 22.5. The van der Waals surface area contributed by atoms with Crippen molar-refractivity contribution in [3.63, 3.8) is 0 Å². The van der Waals surface area contributed by atoms with Gasteiger partial charge in [0.2, 0.25) is 5.91 Å². The van der Waals surface area contributed by atoms with Crippen LogP contribution in [-0.2, 0) is 16.1 Å². The molecule has 0 spiro atoms. The fourth-order valence-electron chi connectivity index (χ4n) is 4.66. The fraction of sp³-hybridized carbons (Fsp3) is 0.533. The van der Waals surface area contributed by atoms with Crippen molar-refractivity contribution in [2.24, 2.45) is 17.3 Å². The number of amides is 2. The Morgan fingerprint density at radius 1 is 1.03 bits per heavy atom. The van der Waals surface area contributed by atoms with Crippen molar-refractivity contribution >= 4 is 12.0 Å². The minimum Gasteiger partial charge on any atom is -0.449 e. The van der Waals surface area contributed by atoms with Gasteiger partial charge >= 0.3 is 6.09 Å². The summed E-state index contributed by atoms with van der Waals surface area (Å²) in [4.78, 5) is 28.3. The summed E-state index contributed by atoms with van der Waals surface area (Å²) in [6.45, 7) is 13.3. The molecule has 0 aromatic heterocycles. The van der Waals surface area contributed by atoms with Crippen molar-refractivity contribution in [2.45, 2.75) is 59.5 Å². The molecule has 2 aromatic rings. The highest BCUT2D eigenvalue weighted by molar-refractivity contribution is 5.79. The first-order chi connectivity index (χ1) is 17.1. The van der Waals surface area contributed by atoms with Crippen LogP contribution < -0.4 is 10.6 Å². The van der Waals surface area contributed by atoms with E-state index in [0.29, 0.717) is 45.1 Å². The molecule has 2 amide bonds. The summed E-state index contributed by atoms with van der Waals surface area (Å²) in [5.74, 6) is 0.535. The lowest BCUT2D eigenvalue weighted by molar-refractivity contribution is -0.137. The second kappa shape index (κ2) is 12.9. The smallest absolute Gasteiger partial charge is 0.407 e. The zero-order valence-electron chi connectivity index (χ0n) is 22.5. The van der Waals surface area contributed by atoms with Gasteiger partial charge in [-0.2, -0.15) is 0 Å². The summed E-state index contributed by atoms with van der Waals surface area (Å²) in [6, 6.07) is 20.5. The summed E-state index contributed by atoms with van der Waals surface area (Å²) in [7, 11) is 0. The Labute approximate surface area is 216 Å². The second-order valence-corrected chi connectivity index (χ2v) is 11.5. The molecule has 1 aliphatic heterocycles. The Bertz CT molecular complexity index is 956. The first-order valence-electron chi connectivity index (χ1n) is 13.1. The van der Waals surface area contributed by atoms with Gasteiger partial charge in [0.1, 0.15) is 0 Å². The Balaban J connectivity index is 1.72. The van der Waals surface area contributed by atoms with E-state index < -0.39 is 6.09 Å². The van der Waals surface area contributed by atoms with Gasteiger partial charge in [-0.1, -0.05) is 95.3 Å². The van der Waals surface area contributed by atoms with Crippen LogP contribution in [0.2, 0.25) is 0 Å². The number of nitrogens with zero attached hydrogens (tertiary/aromatic N) is 1. The van der Waals surface area contributed by atoms with E-state index in [2.05, 4.69) is 60.9 Å². The average Bonchev–Trinajstić information content (AvgIpc) is 2.85. The molecule has 0 bridgehead atoms. The first kappa shape index (κ1) is 27.7. The van der Waals surface area contributed by atoms with Crippen LogP contribution in [0.25, 0.3) is 0 Å². The molecule has 196 valence electrons. The van der Waals surface area contributed by atoms with Crippen LogP contribution in [0.3, 0.4) is 0 Å². The van der Waals surface area contributed by atoms with Crippen molar-refractivity contribution in [1.29, 1.82) is 0 Å². The SMILES string of the molecule is CC(C)C(CN(Cc1ccccc1)C(=O)[C@@H]1CNC[C@H](NC(=O)OCC(C)(C)C)C1)c1ccccc1. The monoisotopic (exact) mass is 493 g/mol. The molecule has 1 heterocycles. The summed E-state index contributed by atoms with van der Waals surface area (Å²) in [6.07, 6.45) is 0.175. The predicted molar refractivity (Wildman–Crippen MR) is 145 cm³/mol. The normalized spacial score (nSPS) is 18.9. The molecular formula is C30H43N3O3. The molecule has 6 heteroatoms. The van der Waals surface area contributed by atoms with Gasteiger partial charge in [0.05, 0.1) is 12.5 Å². The quantitative estimate of drug-likeness (QED) is 0.503. The van der Waals surface area contributed by atoms with Gasteiger partial charge in [-0.15, -0.1) is 0 Å². The van der Waals surface area contributed by atoms with E-state index in [0.717, 1.165) is 5.56 Å². The van der Waals surface area contributed by atoms with Crippen LogP contribution in [-0.4, -0.2) is 49.2 Å². The van der Waals surface area contributed by atoms with Gasteiger partial charge in [0.15, 0.2) is 0 Å². The number of carbonyl (C=O) groups excluding carboxylic acids is 2. The minimum absolute atomic E-state index is 0.0930. The van der Waals surface area contributed by atoms with Crippen molar-refractivity contribution in [3.05, 3.63) is 71.8 Å². The summed E-state index contributed by atoms with van der Waals surface area (Å²) in [5, 5.41) is 6.31. The highest BCUT2D eigenvalue weighted by Crippen LogP contribution is 2.28. The number of hydrogen-bond acceptors (Lipinski definition) is 4. The minimum atomic E-state index is -0.421. The highest BCUT2D eigenvalue weighted by atomic mass is 16.5. The Morgan fingerprint density at radius 3 is 2.28 bits per heavy atom. The third-order valence-electron chi connectivity index (χ3n) is 6.64. The van der Waals surface area contributed by atoms with Crippen molar-refractivity contribution in [3.8, 4) is 0 Å². The van der Waals surface area contributed by atoms with Gasteiger partial charge in [-0.25, -0.2) is 4.79 Å². The Hall–Kier alpha value is -2.86. The molecule has 0 saturated carbocycles. The van der Waals surface area contributed by atoms with Gasteiger partial charge in [0.25, 0.3) is 0 Å². The number of hydrogen-bond donors (Lipinski definition) is 2. The Morgan fingerprint density at radius 2 is 1.67 bits per heavy atom. The van der Waals surface area contributed by atoms with Gasteiger partial charge in [-0.3, -0.25) is 4.79 Å². The van der Waals surface area contributed by atoms with E-state index in [1.165, 1.54) is 5.56 Å². The molecular weight excluding hydrogens is 450 g/mol. The molecule has 2 aromatic carbocycles. The number of carbonyl (C=O) groups is 2. The standard InChI is InChI=1S/C30H43N3O3/c1-22(2)27(24-14-10-7-11-15-24)20-33(19-23-12-8-6-9-13-23)28(34)25-16-26(18-31-17-25)32-29(35)36-21-30(3,4)5/h6-15,22,25-27,31H,16-21H2,1-5H3,(H,32,35)/t25-,26+,27?/m0/s1. The lowest BCUT2D eigenvalue weighted by atomic mass is 9.87. The average molecular weight is 494 g/mol. The molecule has 3 rings (SSSR count). The summed E-state index contributed by atoms with van der Waals surface area (Å²) in [5.41, 5.74) is 2.27. The first-order valence-corrected chi connectivity index (χ1v) is 13.1. The van der Waals surface area contributed by atoms with E-state index in [4.69, 9.17) is 4.74 Å². The lowest BCUT2D eigenvalue weighted by Gasteiger charge is -2.36. The van der Waals surface area contributed by atoms with Gasteiger partial charge in [0, 0.05) is 38.1 Å². The molecule has 0 aliphatic carbocycles. The largest absolute Gasteiger partial charge is 0.449 e. The van der Waals surface area contributed by atoms with Crippen molar-refractivity contribution < 1.29 is 14.3 Å². The van der Waals surface area contributed by atoms with E-state index in [9.17, 15) is 9.59 Å². The third kappa shape index (κ3) is 8.66. The van der Waals surface area contributed by atoms with E-state index in [1.54, 1.807) is 0 Å². The number of piperidine rings is 1. The van der Waals surface area contributed by atoms with Crippen LogP contribution in [0.15, 0.2) is 60.7 Å². The molecule has 3 atom stereocenters. The number of ether oxygens (including phenoxy) is 1. The van der Waals surface area contributed by atoms with Gasteiger partial charge in [-0.05, 0) is 28.9 Å². The zero-order chi connectivity index (χ0) is 26.1. The van der Waals surface area contributed by atoms with Gasteiger partial charge < -0.3 is 20.3 Å². The van der Waals surface area contributed by atoms with Crippen molar-refractivity contribution in [2.75, 3.05) is 26.2 Å². The summed E-state index contributed by atoms with van der Waals surface area (Å²) >= 11 is 0. The maximum absolute atomic E-state index is 13.9.